The van der Waals surface area contributed by atoms with Crippen molar-refractivity contribution in [2.75, 3.05) is 53.3 Å². The lowest BCUT2D eigenvalue weighted by atomic mass is 10.1. The van der Waals surface area contributed by atoms with Crippen molar-refractivity contribution in [2.45, 2.75) is 44.8 Å². The molecule has 0 saturated carbocycles. The first-order valence-electron chi connectivity index (χ1n) is 13.4. The van der Waals surface area contributed by atoms with E-state index in [0.29, 0.717) is 48.3 Å². The standard InChI is InChI=1S/C29H39Cl2FN4O4S/c1-4-40-29(39)26(12-17-41-3)36(24-7-5-6-23(19-24)35(15-13-30)16-14-31)28(38)20(2)34-27(37)25(33)18-21-8-10-22(32)11-9-21/h5-11,19-20,25-26H,4,12-18,33H2,1-3H3,(H,34,37)/t20-,25-,26-/m0/s1. The molecule has 0 saturated heterocycles. The monoisotopic (exact) mass is 628 g/mol. The Labute approximate surface area is 256 Å². The lowest BCUT2D eigenvalue weighted by molar-refractivity contribution is -0.146. The summed E-state index contributed by atoms with van der Waals surface area (Å²) < 4.78 is 18.6. The van der Waals surface area contributed by atoms with E-state index in [0.717, 1.165) is 5.69 Å². The Hall–Kier alpha value is -2.53. The van der Waals surface area contributed by atoms with Crippen molar-refractivity contribution in [3.8, 4) is 0 Å². The van der Waals surface area contributed by atoms with Crippen molar-refractivity contribution in [1.82, 2.24) is 5.32 Å². The van der Waals surface area contributed by atoms with Crippen LogP contribution in [-0.4, -0.2) is 79.4 Å². The molecule has 0 aliphatic carbocycles. The van der Waals surface area contributed by atoms with Crippen LogP contribution in [0.4, 0.5) is 15.8 Å². The highest BCUT2D eigenvalue weighted by Gasteiger charge is 2.35. The van der Waals surface area contributed by atoms with Crippen LogP contribution in [0.1, 0.15) is 25.8 Å². The third-order valence-electron chi connectivity index (χ3n) is 6.32. The largest absolute Gasteiger partial charge is 0.464 e. The van der Waals surface area contributed by atoms with E-state index in [1.54, 1.807) is 55.9 Å². The van der Waals surface area contributed by atoms with Crippen LogP contribution < -0.4 is 20.9 Å². The Kier molecular flexibility index (Phi) is 15.3. The van der Waals surface area contributed by atoms with Crippen molar-refractivity contribution in [3.63, 3.8) is 0 Å². The van der Waals surface area contributed by atoms with Crippen molar-refractivity contribution in [1.29, 1.82) is 0 Å². The molecule has 0 aliphatic heterocycles. The zero-order chi connectivity index (χ0) is 30.4. The molecule has 2 amide bonds. The van der Waals surface area contributed by atoms with Gasteiger partial charge in [0.15, 0.2) is 0 Å². The molecule has 0 fully saturated rings. The molecule has 0 aromatic heterocycles. The number of nitrogens with zero attached hydrogens (tertiary/aromatic N) is 2. The number of hydrogen-bond acceptors (Lipinski definition) is 7. The molecule has 3 N–H and O–H groups in total. The second-order valence-corrected chi connectivity index (χ2v) is 11.1. The van der Waals surface area contributed by atoms with Crippen LogP contribution in [-0.2, 0) is 25.5 Å². The molecule has 226 valence electrons. The number of amides is 2. The first-order chi connectivity index (χ1) is 19.7. The molecule has 8 nitrogen and oxygen atoms in total. The zero-order valence-electron chi connectivity index (χ0n) is 23.7. The maximum absolute atomic E-state index is 14.0. The number of esters is 1. The van der Waals surface area contributed by atoms with E-state index in [4.69, 9.17) is 33.7 Å². The van der Waals surface area contributed by atoms with Gasteiger partial charge in [-0.1, -0.05) is 18.2 Å². The van der Waals surface area contributed by atoms with E-state index in [1.807, 2.05) is 17.2 Å². The number of alkyl halides is 2. The van der Waals surface area contributed by atoms with Gasteiger partial charge in [0, 0.05) is 36.2 Å². The highest BCUT2D eigenvalue weighted by Crippen LogP contribution is 2.27. The van der Waals surface area contributed by atoms with Gasteiger partial charge in [0.2, 0.25) is 11.8 Å². The topological polar surface area (TPSA) is 105 Å². The van der Waals surface area contributed by atoms with Crippen LogP contribution in [0.3, 0.4) is 0 Å². The number of carbonyl (C=O) groups excluding carboxylic acids is 3. The van der Waals surface area contributed by atoms with Gasteiger partial charge in [0.1, 0.15) is 17.9 Å². The second kappa shape index (κ2) is 18.1. The van der Waals surface area contributed by atoms with Crippen molar-refractivity contribution in [3.05, 3.63) is 59.9 Å². The summed E-state index contributed by atoms with van der Waals surface area (Å²) in [5.74, 6) is -0.609. The van der Waals surface area contributed by atoms with E-state index in [1.165, 1.54) is 17.0 Å². The molecule has 2 aromatic carbocycles. The van der Waals surface area contributed by atoms with E-state index >= 15 is 0 Å². The maximum Gasteiger partial charge on any atom is 0.329 e. The predicted octanol–water partition coefficient (Wildman–Crippen LogP) is 4.20. The zero-order valence-corrected chi connectivity index (χ0v) is 26.0. The summed E-state index contributed by atoms with van der Waals surface area (Å²) in [6.45, 7) is 4.49. The number of hydrogen-bond donors (Lipinski definition) is 2. The molecule has 0 aliphatic rings. The van der Waals surface area contributed by atoms with E-state index < -0.39 is 35.9 Å². The third kappa shape index (κ3) is 10.7. The average molecular weight is 630 g/mol. The molecule has 0 radical (unpaired) electrons. The molecule has 3 atom stereocenters. The number of carbonyl (C=O) groups is 3. The molecule has 0 bridgehead atoms. The van der Waals surface area contributed by atoms with E-state index in [9.17, 15) is 18.8 Å². The van der Waals surface area contributed by atoms with Crippen LogP contribution in [0.2, 0.25) is 0 Å². The summed E-state index contributed by atoms with van der Waals surface area (Å²) in [5.41, 5.74) is 8.05. The number of halogens is 3. The summed E-state index contributed by atoms with van der Waals surface area (Å²) in [4.78, 5) is 43.5. The minimum absolute atomic E-state index is 0.153. The number of rotatable bonds is 17. The summed E-state index contributed by atoms with van der Waals surface area (Å²) >= 11 is 13.6. The smallest absolute Gasteiger partial charge is 0.329 e. The summed E-state index contributed by atoms with van der Waals surface area (Å²) in [7, 11) is 0. The molecule has 2 rings (SSSR count). The van der Waals surface area contributed by atoms with Crippen LogP contribution in [0.5, 0.6) is 0 Å². The Balaban J connectivity index is 2.40. The Morgan fingerprint density at radius 2 is 1.71 bits per heavy atom. The number of nitrogens with two attached hydrogens (primary N) is 1. The van der Waals surface area contributed by atoms with E-state index in [2.05, 4.69) is 5.32 Å². The first-order valence-corrected chi connectivity index (χ1v) is 15.9. The molecule has 0 unspecified atom stereocenters. The van der Waals surface area contributed by atoms with Gasteiger partial charge in [-0.25, -0.2) is 9.18 Å². The van der Waals surface area contributed by atoms with Gasteiger partial charge in [-0.05, 0) is 74.6 Å². The lowest BCUT2D eigenvalue weighted by Crippen LogP contribution is -2.56. The maximum atomic E-state index is 14.0. The Morgan fingerprint density at radius 1 is 1.07 bits per heavy atom. The number of benzene rings is 2. The third-order valence-corrected chi connectivity index (χ3v) is 7.30. The number of thioether (sulfide) groups is 1. The molecular weight excluding hydrogens is 590 g/mol. The van der Waals surface area contributed by atoms with Crippen LogP contribution in [0.15, 0.2) is 48.5 Å². The quantitative estimate of drug-likeness (QED) is 0.200. The van der Waals surface area contributed by atoms with Crippen molar-refractivity contribution < 1.29 is 23.5 Å². The molecule has 0 heterocycles. The molecule has 12 heteroatoms. The van der Waals surface area contributed by atoms with Gasteiger partial charge in [-0.15, -0.1) is 23.2 Å². The van der Waals surface area contributed by atoms with Crippen molar-refractivity contribution in [2.24, 2.45) is 5.73 Å². The molecule has 41 heavy (non-hydrogen) atoms. The predicted molar refractivity (Wildman–Crippen MR) is 167 cm³/mol. The summed E-state index contributed by atoms with van der Waals surface area (Å²) in [6, 6.07) is 10.0. The fraction of sp³-hybridized carbons (Fsp3) is 0.483. The first kappa shape index (κ1) is 34.7. The molecule has 2 aromatic rings. The Bertz CT molecular complexity index is 1120. The highest BCUT2D eigenvalue weighted by atomic mass is 35.5. The van der Waals surface area contributed by atoms with Crippen molar-refractivity contribution >= 4 is 64.1 Å². The number of anilines is 2. The summed E-state index contributed by atoms with van der Waals surface area (Å²) in [5, 5.41) is 2.69. The summed E-state index contributed by atoms with van der Waals surface area (Å²) in [6.07, 6.45) is 2.42. The highest BCUT2D eigenvalue weighted by molar-refractivity contribution is 7.98. The SMILES string of the molecule is CCOC(=O)[C@H](CCSC)N(C(=O)[C@H](C)NC(=O)[C@@H](N)Cc1ccc(F)cc1)c1cccc(N(CCCl)CCCl)c1. The van der Waals surface area contributed by atoms with Gasteiger partial charge >= 0.3 is 5.97 Å². The van der Waals surface area contributed by atoms with Gasteiger partial charge < -0.3 is 20.7 Å². The van der Waals surface area contributed by atoms with Crippen LogP contribution >= 0.6 is 35.0 Å². The fourth-order valence-corrected chi connectivity index (χ4v) is 5.12. The Morgan fingerprint density at radius 3 is 2.29 bits per heavy atom. The minimum atomic E-state index is -1.02. The van der Waals surface area contributed by atoms with Gasteiger partial charge in [-0.3, -0.25) is 14.5 Å². The number of nitrogens with one attached hydrogen (secondary N) is 1. The van der Waals surface area contributed by atoms with Gasteiger partial charge in [-0.2, -0.15) is 11.8 Å². The lowest BCUT2D eigenvalue weighted by Gasteiger charge is -2.33. The average Bonchev–Trinajstić information content (AvgIpc) is 2.96. The molecular formula is C29H39Cl2FN4O4S. The molecule has 0 spiro atoms. The second-order valence-electron chi connectivity index (χ2n) is 9.31. The normalized spacial score (nSPS) is 13.1. The van der Waals surface area contributed by atoms with Crippen LogP contribution in [0, 0.1) is 5.82 Å². The van der Waals surface area contributed by atoms with Gasteiger partial charge in [0.05, 0.1) is 12.6 Å². The van der Waals surface area contributed by atoms with Gasteiger partial charge in [0.25, 0.3) is 0 Å². The number of ether oxygens (including phenoxy) is 1. The van der Waals surface area contributed by atoms with E-state index in [-0.39, 0.29) is 18.8 Å². The van der Waals surface area contributed by atoms with Crippen LogP contribution in [0.25, 0.3) is 0 Å². The minimum Gasteiger partial charge on any atom is -0.464 e. The fourth-order valence-electron chi connectivity index (χ4n) is 4.25.